The van der Waals surface area contributed by atoms with E-state index in [1.54, 1.807) is 6.07 Å². The fourth-order valence-corrected chi connectivity index (χ4v) is 3.41. The van der Waals surface area contributed by atoms with Crippen molar-refractivity contribution >= 4 is 11.9 Å². The summed E-state index contributed by atoms with van der Waals surface area (Å²) in [7, 11) is 0. The summed E-state index contributed by atoms with van der Waals surface area (Å²) in [6, 6.07) is 3.10. The second kappa shape index (κ2) is 11.7. The Morgan fingerprint density at radius 2 is 1.38 bits per heavy atom. The van der Waals surface area contributed by atoms with Gasteiger partial charge in [-0.05, 0) is 42.9 Å². The van der Waals surface area contributed by atoms with Gasteiger partial charge in [0.15, 0.2) is 0 Å². The van der Waals surface area contributed by atoms with Crippen molar-refractivity contribution in [2.45, 2.75) is 85.0 Å². The van der Waals surface area contributed by atoms with Crippen LogP contribution < -0.4 is 0 Å². The number of hydrogen-bond acceptors (Lipinski definition) is 2. The summed E-state index contributed by atoms with van der Waals surface area (Å²) in [5.41, 5.74) is 1.38. The molecule has 0 aliphatic heterocycles. The molecular weight excluding hydrogens is 328 g/mol. The molecule has 0 aromatic heterocycles. The zero-order valence-corrected chi connectivity index (χ0v) is 16.5. The van der Waals surface area contributed by atoms with E-state index >= 15 is 0 Å². The maximum absolute atomic E-state index is 11.5. The van der Waals surface area contributed by atoms with E-state index in [-0.39, 0.29) is 11.1 Å². The van der Waals surface area contributed by atoms with Gasteiger partial charge >= 0.3 is 11.9 Å². The van der Waals surface area contributed by atoms with Crippen LogP contribution in [0.2, 0.25) is 0 Å². The van der Waals surface area contributed by atoms with Crippen LogP contribution in [0.15, 0.2) is 12.1 Å². The van der Waals surface area contributed by atoms with Gasteiger partial charge in [0, 0.05) is 0 Å². The third kappa shape index (κ3) is 7.59. The first kappa shape index (κ1) is 22.2. The average Bonchev–Trinajstić information content (AvgIpc) is 2.56. The molecule has 0 fully saturated rings. The lowest BCUT2D eigenvalue weighted by Gasteiger charge is -2.12. The summed E-state index contributed by atoms with van der Waals surface area (Å²) in [6.07, 6.45) is 11.5. The smallest absolute Gasteiger partial charge is 0.336 e. The second-order valence-corrected chi connectivity index (χ2v) is 7.65. The summed E-state index contributed by atoms with van der Waals surface area (Å²) in [4.78, 5) is 22.8. The molecule has 26 heavy (non-hydrogen) atoms. The van der Waals surface area contributed by atoms with Crippen molar-refractivity contribution < 1.29 is 19.8 Å². The Bertz CT molecular complexity index is 590. The topological polar surface area (TPSA) is 74.6 Å². The van der Waals surface area contributed by atoms with E-state index < -0.39 is 11.9 Å². The number of carboxylic acid groups (broad SMARTS) is 2. The summed E-state index contributed by atoms with van der Waals surface area (Å²) >= 11 is 0. The summed E-state index contributed by atoms with van der Waals surface area (Å²) in [5, 5.41) is 18.7. The van der Waals surface area contributed by atoms with Gasteiger partial charge in [-0.3, -0.25) is 0 Å². The Kier molecular flexibility index (Phi) is 10.0. The van der Waals surface area contributed by atoms with Crippen molar-refractivity contribution in [1.82, 2.24) is 0 Å². The number of rotatable bonds is 13. The molecular formula is C22H34O4. The highest BCUT2D eigenvalue weighted by Crippen LogP contribution is 2.22. The Balaban J connectivity index is 2.38. The zero-order chi connectivity index (χ0) is 19.5. The fourth-order valence-electron chi connectivity index (χ4n) is 3.41. The maximum atomic E-state index is 11.5. The van der Waals surface area contributed by atoms with Crippen LogP contribution in [0, 0.1) is 12.8 Å². The molecule has 146 valence electrons. The lowest BCUT2D eigenvalue weighted by molar-refractivity contribution is 0.0650. The minimum absolute atomic E-state index is 0.0392. The van der Waals surface area contributed by atoms with E-state index in [0.717, 1.165) is 30.7 Å². The summed E-state index contributed by atoms with van der Waals surface area (Å²) in [5.74, 6) is -1.53. The van der Waals surface area contributed by atoms with Crippen molar-refractivity contribution in [3.8, 4) is 0 Å². The minimum Gasteiger partial charge on any atom is -0.478 e. The van der Waals surface area contributed by atoms with Gasteiger partial charge in [-0.1, -0.05) is 71.3 Å². The number of benzene rings is 1. The predicted octanol–water partition coefficient (Wildman–Crippen LogP) is 6.10. The molecule has 0 saturated heterocycles. The molecule has 1 rings (SSSR count). The van der Waals surface area contributed by atoms with E-state index in [1.807, 2.05) is 6.92 Å². The standard InChI is InChI=1S/C22H34O4/c1-16(2)12-10-8-6-4-5-7-9-11-13-18-17(3)14-15-19(21(23)24)20(18)22(25)26/h14-16H,4-13H2,1-3H3,(H,23,24)(H,25,26). The van der Waals surface area contributed by atoms with Crippen molar-refractivity contribution in [1.29, 1.82) is 0 Å². The number of carboxylic acids is 2. The first-order chi connectivity index (χ1) is 12.3. The Morgan fingerprint density at radius 3 is 1.88 bits per heavy atom. The zero-order valence-electron chi connectivity index (χ0n) is 16.5. The van der Waals surface area contributed by atoms with Crippen LogP contribution in [0.1, 0.15) is 103 Å². The van der Waals surface area contributed by atoms with Crippen LogP contribution in [-0.4, -0.2) is 22.2 Å². The van der Waals surface area contributed by atoms with Crippen LogP contribution in [0.5, 0.6) is 0 Å². The van der Waals surface area contributed by atoms with Gasteiger partial charge in [0.2, 0.25) is 0 Å². The van der Waals surface area contributed by atoms with E-state index in [4.69, 9.17) is 0 Å². The van der Waals surface area contributed by atoms with Gasteiger partial charge < -0.3 is 10.2 Å². The van der Waals surface area contributed by atoms with E-state index in [9.17, 15) is 19.8 Å². The minimum atomic E-state index is -1.18. The fraction of sp³-hybridized carbons (Fsp3) is 0.636. The van der Waals surface area contributed by atoms with Gasteiger partial charge in [0.05, 0.1) is 11.1 Å². The van der Waals surface area contributed by atoms with Crippen molar-refractivity contribution in [3.63, 3.8) is 0 Å². The highest BCUT2D eigenvalue weighted by molar-refractivity contribution is 6.03. The number of aryl methyl sites for hydroxylation is 1. The van der Waals surface area contributed by atoms with Crippen molar-refractivity contribution in [2.24, 2.45) is 5.92 Å². The monoisotopic (exact) mass is 362 g/mol. The SMILES string of the molecule is Cc1ccc(C(=O)O)c(C(=O)O)c1CCCCCCCCCCC(C)C. The third-order valence-corrected chi connectivity index (χ3v) is 4.95. The molecule has 0 amide bonds. The third-order valence-electron chi connectivity index (χ3n) is 4.95. The molecule has 1 aromatic rings. The van der Waals surface area contributed by atoms with Crippen molar-refractivity contribution in [3.05, 3.63) is 34.4 Å². The highest BCUT2D eigenvalue weighted by atomic mass is 16.4. The maximum Gasteiger partial charge on any atom is 0.336 e. The molecule has 0 atom stereocenters. The molecule has 0 aliphatic carbocycles. The van der Waals surface area contributed by atoms with Gasteiger partial charge in [-0.2, -0.15) is 0 Å². The van der Waals surface area contributed by atoms with Crippen LogP contribution in [0.4, 0.5) is 0 Å². The Labute approximate surface area is 157 Å². The van der Waals surface area contributed by atoms with E-state index in [0.29, 0.717) is 12.0 Å². The van der Waals surface area contributed by atoms with Gasteiger partial charge in [-0.15, -0.1) is 0 Å². The molecule has 0 heterocycles. The molecule has 4 nitrogen and oxygen atoms in total. The van der Waals surface area contributed by atoms with Crippen LogP contribution >= 0.6 is 0 Å². The Morgan fingerprint density at radius 1 is 0.846 bits per heavy atom. The van der Waals surface area contributed by atoms with Gasteiger partial charge in [0.1, 0.15) is 0 Å². The molecule has 4 heteroatoms. The van der Waals surface area contributed by atoms with E-state index in [1.165, 1.54) is 44.6 Å². The summed E-state index contributed by atoms with van der Waals surface area (Å²) in [6.45, 7) is 6.39. The van der Waals surface area contributed by atoms with Gasteiger partial charge in [0.25, 0.3) is 0 Å². The predicted molar refractivity (Wildman–Crippen MR) is 105 cm³/mol. The number of carbonyl (C=O) groups is 2. The first-order valence-corrected chi connectivity index (χ1v) is 9.93. The van der Waals surface area contributed by atoms with Crippen molar-refractivity contribution in [2.75, 3.05) is 0 Å². The number of hydrogen-bond donors (Lipinski definition) is 2. The molecule has 0 saturated carbocycles. The Hall–Kier alpha value is -1.84. The molecule has 0 radical (unpaired) electrons. The lowest BCUT2D eigenvalue weighted by atomic mass is 9.92. The summed E-state index contributed by atoms with van der Waals surface area (Å²) < 4.78 is 0. The van der Waals surface area contributed by atoms with Gasteiger partial charge in [-0.25, -0.2) is 9.59 Å². The highest BCUT2D eigenvalue weighted by Gasteiger charge is 2.21. The van der Waals surface area contributed by atoms with Crippen LogP contribution in [0.25, 0.3) is 0 Å². The second-order valence-electron chi connectivity index (χ2n) is 7.65. The van der Waals surface area contributed by atoms with E-state index in [2.05, 4.69) is 13.8 Å². The normalized spacial score (nSPS) is 11.1. The number of unbranched alkanes of at least 4 members (excludes halogenated alkanes) is 7. The number of aromatic carboxylic acids is 2. The average molecular weight is 363 g/mol. The first-order valence-electron chi connectivity index (χ1n) is 9.93. The molecule has 0 aliphatic rings. The quantitative estimate of drug-likeness (QED) is 0.416. The van der Waals surface area contributed by atoms with Crippen LogP contribution in [-0.2, 0) is 6.42 Å². The molecule has 2 N–H and O–H groups in total. The molecule has 0 spiro atoms. The molecule has 0 bridgehead atoms. The lowest BCUT2D eigenvalue weighted by Crippen LogP contribution is -2.13. The largest absolute Gasteiger partial charge is 0.478 e. The van der Waals surface area contributed by atoms with Crippen LogP contribution in [0.3, 0.4) is 0 Å². The molecule has 0 unspecified atom stereocenters. The molecule has 1 aromatic carbocycles.